The number of fused-ring (bicyclic) bond motifs is 2. The van der Waals surface area contributed by atoms with E-state index in [1.54, 1.807) is 18.4 Å². The van der Waals surface area contributed by atoms with Crippen molar-refractivity contribution in [1.29, 1.82) is 0 Å². The maximum Gasteiger partial charge on any atom is 0.195 e. The van der Waals surface area contributed by atoms with Gasteiger partial charge in [-0.15, -0.1) is 11.3 Å². The van der Waals surface area contributed by atoms with Crippen molar-refractivity contribution < 1.29 is 4.74 Å². The Bertz CT molecular complexity index is 774. The lowest BCUT2D eigenvalue weighted by Crippen LogP contribution is -2.01. The summed E-state index contributed by atoms with van der Waals surface area (Å²) in [7, 11) is 1.66. The molecular weight excluding hydrogens is 244 g/mol. The number of benzene rings is 2. The van der Waals surface area contributed by atoms with E-state index in [1.165, 1.54) is 0 Å². The van der Waals surface area contributed by atoms with Gasteiger partial charge in [0.2, 0.25) is 0 Å². The van der Waals surface area contributed by atoms with Gasteiger partial charge in [-0.3, -0.25) is 4.79 Å². The van der Waals surface area contributed by atoms with Gasteiger partial charge in [-0.1, -0.05) is 18.2 Å². The molecule has 0 N–H and O–H groups in total. The molecular formula is C15H12O2S. The molecule has 3 aromatic rings. The van der Waals surface area contributed by atoms with Crippen molar-refractivity contribution in [3.05, 3.63) is 58.3 Å². The molecule has 0 aliphatic rings. The van der Waals surface area contributed by atoms with Crippen LogP contribution in [0.5, 0.6) is 0 Å². The van der Waals surface area contributed by atoms with Crippen molar-refractivity contribution in [3.8, 4) is 0 Å². The zero-order valence-corrected chi connectivity index (χ0v) is 10.8. The molecule has 0 amide bonds. The quantitative estimate of drug-likeness (QED) is 0.655. The molecule has 0 unspecified atom stereocenters. The van der Waals surface area contributed by atoms with E-state index in [9.17, 15) is 4.79 Å². The molecule has 0 fully saturated rings. The monoisotopic (exact) mass is 256 g/mol. The van der Waals surface area contributed by atoms with E-state index in [-0.39, 0.29) is 5.43 Å². The van der Waals surface area contributed by atoms with Gasteiger partial charge in [0, 0.05) is 27.3 Å². The Labute approximate surface area is 108 Å². The van der Waals surface area contributed by atoms with Crippen LogP contribution >= 0.6 is 11.3 Å². The van der Waals surface area contributed by atoms with Crippen molar-refractivity contribution in [2.75, 3.05) is 7.11 Å². The average Bonchev–Trinajstić information content (AvgIpc) is 2.40. The second-order valence-electron chi connectivity index (χ2n) is 4.19. The lowest BCUT2D eigenvalue weighted by molar-refractivity contribution is 0.185. The first-order valence-corrected chi connectivity index (χ1v) is 6.54. The highest BCUT2D eigenvalue weighted by Gasteiger charge is 2.06. The van der Waals surface area contributed by atoms with Crippen molar-refractivity contribution in [1.82, 2.24) is 0 Å². The third-order valence-electron chi connectivity index (χ3n) is 2.95. The highest BCUT2D eigenvalue weighted by molar-refractivity contribution is 7.24. The summed E-state index contributed by atoms with van der Waals surface area (Å²) in [6.45, 7) is 0.535. The van der Waals surface area contributed by atoms with Crippen LogP contribution in [-0.2, 0) is 11.3 Å². The molecule has 0 bridgehead atoms. The van der Waals surface area contributed by atoms with Crippen LogP contribution in [-0.4, -0.2) is 7.11 Å². The molecule has 0 saturated carbocycles. The Morgan fingerprint density at radius 1 is 1.06 bits per heavy atom. The lowest BCUT2D eigenvalue weighted by Gasteiger charge is -2.03. The fraction of sp³-hybridized carbons (Fsp3) is 0.133. The lowest BCUT2D eigenvalue weighted by atomic mass is 10.1. The number of hydrogen-bond acceptors (Lipinski definition) is 3. The highest BCUT2D eigenvalue weighted by atomic mass is 32.1. The molecule has 18 heavy (non-hydrogen) atoms. The molecule has 3 rings (SSSR count). The molecule has 0 atom stereocenters. The van der Waals surface area contributed by atoms with Crippen LogP contribution in [0.4, 0.5) is 0 Å². The summed E-state index contributed by atoms with van der Waals surface area (Å²) in [5, 5.41) is 1.58. The summed E-state index contributed by atoms with van der Waals surface area (Å²) < 4.78 is 7.17. The zero-order valence-electron chi connectivity index (χ0n) is 9.97. The van der Waals surface area contributed by atoms with Gasteiger partial charge in [0.25, 0.3) is 0 Å². The fourth-order valence-electron chi connectivity index (χ4n) is 2.11. The predicted octanol–water partition coefficient (Wildman–Crippen LogP) is 3.56. The Morgan fingerprint density at radius 2 is 1.83 bits per heavy atom. The second-order valence-corrected chi connectivity index (χ2v) is 5.27. The van der Waals surface area contributed by atoms with Gasteiger partial charge in [0.05, 0.1) is 6.61 Å². The van der Waals surface area contributed by atoms with Crippen LogP contribution in [0.15, 0.2) is 47.3 Å². The average molecular weight is 256 g/mol. The Morgan fingerprint density at radius 3 is 2.67 bits per heavy atom. The van der Waals surface area contributed by atoms with Gasteiger partial charge < -0.3 is 4.74 Å². The molecule has 0 saturated heterocycles. The van der Waals surface area contributed by atoms with Gasteiger partial charge in [-0.2, -0.15) is 0 Å². The summed E-state index contributed by atoms with van der Waals surface area (Å²) in [4.78, 5) is 12.4. The van der Waals surface area contributed by atoms with E-state index in [4.69, 9.17) is 4.74 Å². The molecule has 1 aromatic heterocycles. The first-order valence-electron chi connectivity index (χ1n) is 5.73. The summed E-state index contributed by atoms with van der Waals surface area (Å²) in [5.74, 6) is 0. The van der Waals surface area contributed by atoms with Crippen molar-refractivity contribution in [3.63, 3.8) is 0 Å². The Kier molecular flexibility index (Phi) is 2.86. The molecule has 0 radical (unpaired) electrons. The molecule has 0 aliphatic heterocycles. The highest BCUT2D eigenvalue weighted by Crippen LogP contribution is 2.25. The predicted molar refractivity (Wildman–Crippen MR) is 76.3 cm³/mol. The van der Waals surface area contributed by atoms with Gasteiger partial charge >= 0.3 is 0 Å². The Hall–Kier alpha value is -1.71. The normalized spacial score (nSPS) is 11.2. The van der Waals surface area contributed by atoms with Crippen molar-refractivity contribution in [2.45, 2.75) is 6.61 Å². The molecule has 90 valence electrons. The van der Waals surface area contributed by atoms with Crippen LogP contribution in [0.3, 0.4) is 0 Å². The van der Waals surface area contributed by atoms with Gasteiger partial charge in [-0.25, -0.2) is 0 Å². The van der Waals surface area contributed by atoms with Crippen molar-refractivity contribution in [2.24, 2.45) is 0 Å². The zero-order chi connectivity index (χ0) is 12.5. The smallest absolute Gasteiger partial charge is 0.195 e. The largest absolute Gasteiger partial charge is 0.380 e. The van der Waals surface area contributed by atoms with Crippen LogP contribution < -0.4 is 5.43 Å². The van der Waals surface area contributed by atoms with Crippen LogP contribution in [0.2, 0.25) is 0 Å². The maximum absolute atomic E-state index is 12.4. The molecule has 2 nitrogen and oxygen atoms in total. The molecule has 2 aromatic carbocycles. The molecule has 1 heterocycles. The van der Waals surface area contributed by atoms with Crippen molar-refractivity contribution >= 4 is 31.5 Å². The number of rotatable bonds is 2. The minimum absolute atomic E-state index is 0.109. The number of hydrogen-bond donors (Lipinski definition) is 0. The minimum atomic E-state index is 0.109. The van der Waals surface area contributed by atoms with Crippen LogP contribution in [0.1, 0.15) is 5.56 Å². The first-order chi connectivity index (χ1) is 8.79. The molecule has 3 heteroatoms. The van der Waals surface area contributed by atoms with Gasteiger partial charge in [0.1, 0.15) is 0 Å². The number of methoxy groups -OCH3 is 1. The topological polar surface area (TPSA) is 26.3 Å². The van der Waals surface area contributed by atoms with E-state index >= 15 is 0 Å². The molecule has 0 spiro atoms. The number of ether oxygens (including phenoxy) is 1. The van der Waals surface area contributed by atoms with E-state index in [1.807, 2.05) is 42.5 Å². The van der Waals surface area contributed by atoms with Crippen LogP contribution in [0.25, 0.3) is 20.2 Å². The van der Waals surface area contributed by atoms with E-state index < -0.39 is 0 Å². The van der Waals surface area contributed by atoms with E-state index in [0.717, 1.165) is 25.7 Å². The van der Waals surface area contributed by atoms with E-state index in [2.05, 4.69) is 0 Å². The summed E-state index contributed by atoms with van der Waals surface area (Å²) in [6, 6.07) is 13.7. The van der Waals surface area contributed by atoms with E-state index in [0.29, 0.717) is 6.61 Å². The second kappa shape index (κ2) is 4.52. The third-order valence-corrected chi connectivity index (χ3v) is 4.10. The minimum Gasteiger partial charge on any atom is -0.380 e. The summed E-state index contributed by atoms with van der Waals surface area (Å²) in [5.41, 5.74) is 1.14. The third kappa shape index (κ3) is 1.82. The Balaban J connectivity index is 2.38. The first kappa shape index (κ1) is 11.4. The van der Waals surface area contributed by atoms with Gasteiger partial charge in [-0.05, 0) is 29.8 Å². The standard InChI is InChI=1S/C15H12O2S/c1-17-9-10-6-7-14-12(8-10)15(16)11-4-2-3-5-13(11)18-14/h2-8H,9H2,1H3. The summed E-state index contributed by atoms with van der Waals surface area (Å²) in [6.07, 6.45) is 0. The molecule has 0 aliphatic carbocycles. The maximum atomic E-state index is 12.4. The van der Waals surface area contributed by atoms with Gasteiger partial charge in [0.15, 0.2) is 5.43 Å². The van der Waals surface area contributed by atoms with Crippen LogP contribution in [0, 0.1) is 0 Å². The fourth-order valence-corrected chi connectivity index (χ4v) is 3.16. The summed E-state index contributed by atoms with van der Waals surface area (Å²) >= 11 is 1.65. The SMILES string of the molecule is COCc1ccc2sc3ccccc3c(=O)c2c1.